The topological polar surface area (TPSA) is 46.3 Å². The molecule has 4 nitrogen and oxygen atoms in total. The molecule has 1 aliphatic rings. The van der Waals surface area contributed by atoms with Crippen LogP contribution in [-0.4, -0.2) is 22.2 Å². The maximum absolute atomic E-state index is 13.1. The van der Waals surface area contributed by atoms with Gasteiger partial charge in [-0.05, 0) is 44.5 Å². The van der Waals surface area contributed by atoms with Crippen LogP contribution in [0, 0.1) is 0 Å². The number of allylic oxidation sites excluding steroid dienone is 1. The molecule has 2 aromatic carbocycles. The van der Waals surface area contributed by atoms with Crippen molar-refractivity contribution in [2.24, 2.45) is 0 Å². The standard InChI is InChI=1S/C21H20N2O2S/c1-14-12-21(2,3)23(17-10-6-4-8-15(14)17)19(24)13-26-20-22-16-9-5-7-11-18(16)25-20/h4-12H,13H2,1-3H3. The van der Waals surface area contributed by atoms with Gasteiger partial charge in [-0.25, -0.2) is 4.98 Å². The number of carbonyl (C=O) groups is 1. The predicted octanol–water partition coefficient (Wildman–Crippen LogP) is 5.15. The first-order chi connectivity index (χ1) is 12.5. The Morgan fingerprint density at radius 1 is 1.15 bits per heavy atom. The Bertz CT molecular complexity index is 987. The Balaban J connectivity index is 1.59. The summed E-state index contributed by atoms with van der Waals surface area (Å²) in [5.41, 5.74) is 4.43. The van der Waals surface area contributed by atoms with Crippen LogP contribution in [0.1, 0.15) is 26.3 Å². The molecule has 5 heteroatoms. The molecule has 0 saturated carbocycles. The van der Waals surface area contributed by atoms with Crippen LogP contribution in [0.2, 0.25) is 0 Å². The Labute approximate surface area is 156 Å². The van der Waals surface area contributed by atoms with Gasteiger partial charge in [-0.2, -0.15) is 0 Å². The number of amides is 1. The van der Waals surface area contributed by atoms with E-state index in [1.165, 1.54) is 17.3 Å². The van der Waals surface area contributed by atoms with E-state index >= 15 is 0 Å². The Kier molecular flexibility index (Phi) is 4.11. The number of thioether (sulfide) groups is 1. The van der Waals surface area contributed by atoms with Gasteiger partial charge in [0.05, 0.1) is 17.0 Å². The van der Waals surface area contributed by atoms with Gasteiger partial charge in [0.1, 0.15) is 5.52 Å². The largest absolute Gasteiger partial charge is 0.431 e. The van der Waals surface area contributed by atoms with E-state index in [1.807, 2.05) is 47.4 Å². The molecule has 0 atom stereocenters. The van der Waals surface area contributed by atoms with Gasteiger partial charge < -0.3 is 9.32 Å². The third-order valence-corrected chi connectivity index (χ3v) is 5.37. The highest BCUT2D eigenvalue weighted by molar-refractivity contribution is 7.99. The number of para-hydroxylation sites is 3. The summed E-state index contributed by atoms with van der Waals surface area (Å²) >= 11 is 1.33. The zero-order valence-corrected chi connectivity index (χ0v) is 15.8. The number of fused-ring (bicyclic) bond motifs is 2. The van der Waals surface area contributed by atoms with Gasteiger partial charge in [0.25, 0.3) is 5.22 Å². The molecule has 1 amide bonds. The fourth-order valence-electron chi connectivity index (χ4n) is 3.54. The summed E-state index contributed by atoms with van der Waals surface area (Å²) in [6, 6.07) is 15.7. The van der Waals surface area contributed by atoms with Crippen molar-refractivity contribution < 1.29 is 9.21 Å². The van der Waals surface area contributed by atoms with Crippen LogP contribution in [0.5, 0.6) is 0 Å². The molecule has 0 bridgehead atoms. The van der Waals surface area contributed by atoms with Crippen LogP contribution in [0.3, 0.4) is 0 Å². The van der Waals surface area contributed by atoms with Crippen LogP contribution in [0.15, 0.2) is 64.2 Å². The highest BCUT2D eigenvalue weighted by Gasteiger charge is 2.35. The summed E-state index contributed by atoms with van der Waals surface area (Å²) in [4.78, 5) is 19.4. The highest BCUT2D eigenvalue weighted by atomic mass is 32.2. The third-order valence-electron chi connectivity index (χ3n) is 4.56. The highest BCUT2D eigenvalue weighted by Crippen LogP contribution is 2.39. The summed E-state index contributed by atoms with van der Waals surface area (Å²) < 4.78 is 5.71. The molecule has 0 aliphatic carbocycles. The molecule has 0 unspecified atom stereocenters. The normalized spacial score (nSPS) is 15.7. The minimum atomic E-state index is -0.378. The SMILES string of the molecule is CC1=CC(C)(C)N(C(=O)CSc2nc3ccccc3o2)c2ccccc21. The quantitative estimate of drug-likeness (QED) is 0.603. The second kappa shape index (κ2) is 6.32. The van der Waals surface area contributed by atoms with Crippen molar-refractivity contribution in [3.63, 3.8) is 0 Å². The van der Waals surface area contributed by atoms with Crippen LogP contribution < -0.4 is 4.90 Å². The van der Waals surface area contributed by atoms with Gasteiger partial charge in [0, 0.05) is 5.56 Å². The summed E-state index contributed by atoms with van der Waals surface area (Å²) in [7, 11) is 0. The monoisotopic (exact) mass is 364 g/mol. The maximum atomic E-state index is 13.1. The summed E-state index contributed by atoms with van der Waals surface area (Å²) in [5.74, 6) is 0.316. The average Bonchev–Trinajstić information content (AvgIpc) is 3.02. The fourth-order valence-corrected chi connectivity index (χ4v) is 4.23. The lowest BCUT2D eigenvalue weighted by atomic mass is 9.89. The van der Waals surface area contributed by atoms with Crippen molar-refractivity contribution in [2.75, 3.05) is 10.7 Å². The van der Waals surface area contributed by atoms with E-state index in [9.17, 15) is 4.79 Å². The van der Waals surface area contributed by atoms with Gasteiger partial charge in [-0.3, -0.25) is 4.79 Å². The van der Waals surface area contributed by atoms with Crippen LogP contribution in [0.25, 0.3) is 16.7 Å². The third kappa shape index (κ3) is 2.92. The molecule has 26 heavy (non-hydrogen) atoms. The van der Waals surface area contributed by atoms with Crippen molar-refractivity contribution in [1.82, 2.24) is 4.98 Å². The molecule has 3 aromatic rings. The second-order valence-corrected chi connectivity index (χ2v) is 7.89. The Morgan fingerprint density at radius 2 is 1.88 bits per heavy atom. The van der Waals surface area contributed by atoms with E-state index in [0.29, 0.717) is 5.22 Å². The molecule has 132 valence electrons. The lowest BCUT2D eigenvalue weighted by Crippen LogP contribution is -2.49. The lowest BCUT2D eigenvalue weighted by molar-refractivity contribution is -0.116. The van der Waals surface area contributed by atoms with Crippen molar-refractivity contribution >= 4 is 40.0 Å². The van der Waals surface area contributed by atoms with Crippen molar-refractivity contribution in [3.05, 3.63) is 60.2 Å². The molecule has 4 rings (SSSR count). The van der Waals surface area contributed by atoms with Gasteiger partial charge in [-0.1, -0.05) is 48.2 Å². The fraction of sp³-hybridized carbons (Fsp3) is 0.238. The first-order valence-electron chi connectivity index (χ1n) is 8.56. The van der Waals surface area contributed by atoms with E-state index in [2.05, 4.69) is 37.9 Å². The molecule has 0 radical (unpaired) electrons. The molecule has 0 spiro atoms. The van der Waals surface area contributed by atoms with E-state index < -0.39 is 0 Å². The first kappa shape index (κ1) is 16.9. The molecule has 1 aliphatic heterocycles. The Morgan fingerprint density at radius 3 is 2.69 bits per heavy atom. The summed E-state index contributed by atoms with van der Waals surface area (Å²) in [6.07, 6.45) is 2.15. The van der Waals surface area contributed by atoms with E-state index in [0.717, 1.165) is 22.4 Å². The number of carbonyl (C=O) groups excluding carboxylic acids is 1. The number of nitrogens with zero attached hydrogens (tertiary/aromatic N) is 2. The number of benzene rings is 2. The van der Waals surface area contributed by atoms with Crippen molar-refractivity contribution in [1.29, 1.82) is 0 Å². The van der Waals surface area contributed by atoms with Crippen LogP contribution in [0.4, 0.5) is 5.69 Å². The Hall–Kier alpha value is -2.53. The number of aromatic nitrogens is 1. The predicted molar refractivity (Wildman–Crippen MR) is 106 cm³/mol. The van der Waals surface area contributed by atoms with E-state index in [1.54, 1.807) is 0 Å². The number of hydrogen-bond acceptors (Lipinski definition) is 4. The number of rotatable bonds is 3. The van der Waals surface area contributed by atoms with Gasteiger partial charge in [-0.15, -0.1) is 0 Å². The zero-order chi connectivity index (χ0) is 18.3. The van der Waals surface area contributed by atoms with Gasteiger partial charge in [0.15, 0.2) is 5.58 Å². The molecule has 0 N–H and O–H groups in total. The van der Waals surface area contributed by atoms with Crippen LogP contribution in [-0.2, 0) is 4.79 Å². The average molecular weight is 364 g/mol. The van der Waals surface area contributed by atoms with Crippen molar-refractivity contribution in [3.8, 4) is 0 Å². The molecule has 2 heterocycles. The zero-order valence-electron chi connectivity index (χ0n) is 15.0. The maximum Gasteiger partial charge on any atom is 0.257 e. The number of anilines is 1. The molecular formula is C21H20N2O2S. The molecule has 1 aromatic heterocycles. The van der Waals surface area contributed by atoms with E-state index in [-0.39, 0.29) is 17.2 Å². The number of hydrogen-bond donors (Lipinski definition) is 0. The van der Waals surface area contributed by atoms with Crippen LogP contribution >= 0.6 is 11.8 Å². The minimum Gasteiger partial charge on any atom is -0.431 e. The van der Waals surface area contributed by atoms with E-state index in [4.69, 9.17) is 4.42 Å². The molecular weight excluding hydrogens is 344 g/mol. The van der Waals surface area contributed by atoms with Gasteiger partial charge >= 0.3 is 0 Å². The second-order valence-electron chi connectivity index (χ2n) is 6.96. The van der Waals surface area contributed by atoms with Crippen molar-refractivity contribution in [2.45, 2.75) is 31.5 Å². The smallest absolute Gasteiger partial charge is 0.257 e. The minimum absolute atomic E-state index is 0.0402. The first-order valence-corrected chi connectivity index (χ1v) is 9.54. The number of oxazole rings is 1. The molecule has 0 saturated heterocycles. The molecule has 0 fully saturated rings. The van der Waals surface area contributed by atoms with Gasteiger partial charge in [0.2, 0.25) is 5.91 Å². The summed E-state index contributed by atoms with van der Waals surface area (Å²) in [6.45, 7) is 6.22. The summed E-state index contributed by atoms with van der Waals surface area (Å²) in [5, 5.41) is 0.523. The lowest BCUT2D eigenvalue weighted by Gasteiger charge is -2.41.